The minimum absolute atomic E-state index is 0.00712. The Balaban J connectivity index is 1.69. The molecule has 10 heteroatoms. The van der Waals surface area contributed by atoms with Gasteiger partial charge in [-0.05, 0) is 24.3 Å². The topological polar surface area (TPSA) is 72.2 Å². The van der Waals surface area contributed by atoms with Crippen molar-refractivity contribution in [2.75, 3.05) is 5.32 Å². The molecule has 0 atom stereocenters. The van der Waals surface area contributed by atoms with Crippen LogP contribution in [0, 0.1) is 5.82 Å². The zero-order valence-corrected chi connectivity index (χ0v) is 15.0. The van der Waals surface area contributed by atoms with E-state index < -0.39 is 17.8 Å². The predicted octanol–water partition coefficient (Wildman–Crippen LogP) is 4.11. The number of fused-ring (bicyclic) bond motifs is 1. The third kappa shape index (κ3) is 3.58. The number of hydrogen-bond acceptors (Lipinski definition) is 5. The Hall–Kier alpha value is -3.27. The molecule has 28 heavy (non-hydrogen) atoms. The largest absolute Gasteiger partial charge is 0.302 e. The van der Waals surface area contributed by atoms with Crippen LogP contribution in [0.3, 0.4) is 0 Å². The van der Waals surface area contributed by atoms with Crippen LogP contribution in [0.15, 0.2) is 48.1 Å². The molecule has 0 bridgehead atoms. The molecule has 0 radical (unpaired) electrons. The summed E-state index contributed by atoms with van der Waals surface area (Å²) < 4.78 is 41.4. The highest BCUT2D eigenvalue weighted by atomic mass is 32.1. The number of carbonyl (C=O) groups excluding carboxylic acids is 1. The summed E-state index contributed by atoms with van der Waals surface area (Å²) in [6.07, 6.45) is 0.308. The minimum Gasteiger partial charge on any atom is -0.302 e. The van der Waals surface area contributed by atoms with Crippen LogP contribution in [0.1, 0.15) is 17.6 Å². The lowest BCUT2D eigenvalue weighted by atomic mass is 10.1. The van der Waals surface area contributed by atoms with Gasteiger partial charge in [0.05, 0.1) is 6.42 Å². The number of nitrogens with one attached hydrogen (secondary N) is 1. The molecule has 3 aromatic heterocycles. The zero-order chi connectivity index (χ0) is 19.7. The summed E-state index contributed by atoms with van der Waals surface area (Å²) in [4.78, 5) is 20.5. The number of amides is 1. The van der Waals surface area contributed by atoms with Gasteiger partial charge in [-0.25, -0.2) is 27.7 Å². The Morgan fingerprint density at radius 3 is 2.89 bits per heavy atom. The van der Waals surface area contributed by atoms with Crippen molar-refractivity contribution in [3.63, 3.8) is 0 Å². The number of halogens is 3. The fraction of sp³-hybridized carbons (Fsp3) is 0.111. The van der Waals surface area contributed by atoms with Crippen molar-refractivity contribution in [1.29, 1.82) is 0 Å². The van der Waals surface area contributed by atoms with E-state index in [0.717, 1.165) is 12.1 Å². The number of thiazole rings is 1. The predicted molar refractivity (Wildman–Crippen MR) is 97.8 cm³/mol. The van der Waals surface area contributed by atoms with Crippen LogP contribution in [0.25, 0.3) is 17.0 Å². The van der Waals surface area contributed by atoms with Crippen LogP contribution in [0.2, 0.25) is 0 Å². The van der Waals surface area contributed by atoms with Gasteiger partial charge in [-0.15, -0.1) is 16.4 Å². The Morgan fingerprint density at radius 2 is 2.14 bits per heavy atom. The summed E-state index contributed by atoms with van der Waals surface area (Å²) in [6, 6.07) is 6.45. The maximum absolute atomic E-state index is 13.4. The molecular formula is C18H12F3N5OS. The summed E-state index contributed by atoms with van der Waals surface area (Å²) in [5.74, 6) is -1.02. The fourth-order valence-corrected chi connectivity index (χ4v) is 3.30. The molecule has 3 heterocycles. The van der Waals surface area contributed by atoms with Gasteiger partial charge in [0.15, 0.2) is 16.6 Å². The van der Waals surface area contributed by atoms with Gasteiger partial charge in [0.25, 0.3) is 6.43 Å². The van der Waals surface area contributed by atoms with Crippen LogP contribution < -0.4 is 5.32 Å². The first kappa shape index (κ1) is 18.1. The highest BCUT2D eigenvalue weighted by Crippen LogP contribution is 2.30. The molecule has 1 aromatic carbocycles. The molecule has 0 aliphatic carbocycles. The van der Waals surface area contributed by atoms with Gasteiger partial charge in [-0.3, -0.25) is 4.79 Å². The third-order valence-electron chi connectivity index (χ3n) is 3.96. The van der Waals surface area contributed by atoms with Crippen LogP contribution >= 0.6 is 11.3 Å². The van der Waals surface area contributed by atoms with Crippen LogP contribution in [0.5, 0.6) is 0 Å². The normalized spacial score (nSPS) is 11.3. The smallest absolute Gasteiger partial charge is 0.264 e. The van der Waals surface area contributed by atoms with Gasteiger partial charge in [0.2, 0.25) is 5.91 Å². The number of benzene rings is 1. The molecule has 4 aromatic rings. The number of anilines is 1. The van der Waals surface area contributed by atoms with E-state index >= 15 is 0 Å². The number of aromatic nitrogens is 4. The van der Waals surface area contributed by atoms with E-state index in [-0.39, 0.29) is 23.7 Å². The molecule has 0 saturated heterocycles. The van der Waals surface area contributed by atoms with Crippen molar-refractivity contribution in [1.82, 2.24) is 19.6 Å². The second-order valence-electron chi connectivity index (χ2n) is 5.83. The zero-order valence-electron chi connectivity index (χ0n) is 14.1. The molecule has 0 unspecified atom stereocenters. The minimum atomic E-state index is -2.87. The van der Waals surface area contributed by atoms with Gasteiger partial charge in [-0.1, -0.05) is 6.07 Å². The Bertz CT molecular complexity index is 1140. The van der Waals surface area contributed by atoms with E-state index in [1.54, 1.807) is 29.9 Å². The van der Waals surface area contributed by atoms with Crippen molar-refractivity contribution in [3.8, 4) is 11.4 Å². The first-order valence-electron chi connectivity index (χ1n) is 8.13. The molecule has 1 N–H and O–H groups in total. The molecular weight excluding hydrogens is 391 g/mol. The summed E-state index contributed by atoms with van der Waals surface area (Å²) in [5.41, 5.74) is 0.476. The molecule has 0 saturated carbocycles. The van der Waals surface area contributed by atoms with Crippen LogP contribution in [-0.2, 0) is 11.2 Å². The lowest BCUT2D eigenvalue weighted by Gasteiger charge is -2.05. The SMILES string of the molecule is O=C(Cc1cccn2nc(-c3ccc(F)cc3C(F)F)nc12)Nc1nccs1. The quantitative estimate of drug-likeness (QED) is 0.544. The summed E-state index contributed by atoms with van der Waals surface area (Å²) >= 11 is 1.29. The van der Waals surface area contributed by atoms with E-state index in [0.29, 0.717) is 16.3 Å². The van der Waals surface area contributed by atoms with E-state index in [9.17, 15) is 18.0 Å². The molecule has 0 aliphatic rings. The van der Waals surface area contributed by atoms with Crippen LogP contribution in [0.4, 0.5) is 18.3 Å². The number of hydrogen-bond donors (Lipinski definition) is 1. The van der Waals surface area contributed by atoms with Gasteiger partial charge in [-0.2, -0.15) is 0 Å². The maximum Gasteiger partial charge on any atom is 0.264 e. The Morgan fingerprint density at radius 1 is 1.29 bits per heavy atom. The first-order chi connectivity index (χ1) is 13.5. The number of alkyl halides is 2. The maximum atomic E-state index is 13.4. The first-order valence-corrected chi connectivity index (χ1v) is 9.01. The molecule has 1 amide bonds. The number of pyridine rings is 1. The van der Waals surface area contributed by atoms with E-state index in [4.69, 9.17) is 0 Å². The monoisotopic (exact) mass is 403 g/mol. The van der Waals surface area contributed by atoms with Gasteiger partial charge in [0.1, 0.15) is 5.82 Å². The number of nitrogens with zero attached hydrogens (tertiary/aromatic N) is 4. The van der Waals surface area contributed by atoms with Crippen molar-refractivity contribution < 1.29 is 18.0 Å². The highest BCUT2D eigenvalue weighted by molar-refractivity contribution is 7.13. The van der Waals surface area contributed by atoms with E-state index in [1.165, 1.54) is 21.9 Å². The second kappa shape index (κ2) is 7.39. The third-order valence-corrected chi connectivity index (χ3v) is 4.65. The molecule has 142 valence electrons. The van der Waals surface area contributed by atoms with E-state index in [2.05, 4.69) is 20.4 Å². The number of rotatable bonds is 5. The van der Waals surface area contributed by atoms with Crippen LogP contribution in [-0.4, -0.2) is 25.5 Å². The van der Waals surface area contributed by atoms with Crippen molar-refractivity contribution in [2.24, 2.45) is 0 Å². The lowest BCUT2D eigenvalue weighted by molar-refractivity contribution is -0.115. The Kier molecular flexibility index (Phi) is 4.78. The van der Waals surface area contributed by atoms with Crippen molar-refractivity contribution >= 4 is 28.0 Å². The van der Waals surface area contributed by atoms with Crippen molar-refractivity contribution in [2.45, 2.75) is 12.8 Å². The summed E-state index contributed by atoms with van der Waals surface area (Å²) in [5, 5.41) is 9.10. The molecule has 6 nitrogen and oxygen atoms in total. The van der Waals surface area contributed by atoms with E-state index in [1.807, 2.05) is 0 Å². The Labute approximate surface area is 160 Å². The highest BCUT2D eigenvalue weighted by Gasteiger charge is 2.20. The van der Waals surface area contributed by atoms with Crippen molar-refractivity contribution in [3.05, 3.63) is 65.0 Å². The molecule has 4 rings (SSSR count). The molecule has 0 fully saturated rings. The lowest BCUT2D eigenvalue weighted by Crippen LogP contribution is -2.14. The van der Waals surface area contributed by atoms with Gasteiger partial charge < -0.3 is 5.32 Å². The average Bonchev–Trinajstić information content (AvgIpc) is 3.31. The molecule has 0 spiro atoms. The van der Waals surface area contributed by atoms with Gasteiger partial charge in [0, 0.05) is 34.5 Å². The standard InChI is InChI=1S/C18H12F3N5OS/c19-11-3-4-12(13(9-11)15(20)21)16-24-17-10(2-1-6-26(17)25-16)8-14(27)23-18-22-5-7-28-18/h1-7,9,15H,8H2,(H,22,23,27). The summed E-state index contributed by atoms with van der Waals surface area (Å²) in [6.45, 7) is 0. The summed E-state index contributed by atoms with van der Waals surface area (Å²) in [7, 11) is 0. The molecule has 0 aliphatic heterocycles. The average molecular weight is 403 g/mol. The fourth-order valence-electron chi connectivity index (χ4n) is 2.75. The number of carbonyl (C=O) groups is 1. The van der Waals surface area contributed by atoms with Gasteiger partial charge >= 0.3 is 0 Å². The second-order valence-corrected chi connectivity index (χ2v) is 6.73.